The van der Waals surface area contributed by atoms with Gasteiger partial charge in [0.1, 0.15) is 0 Å². The first-order valence-electron chi connectivity index (χ1n) is 8.27. The van der Waals surface area contributed by atoms with Crippen molar-refractivity contribution in [3.8, 4) is 0 Å². The van der Waals surface area contributed by atoms with Crippen LogP contribution in [0.15, 0.2) is 34.7 Å². The van der Waals surface area contributed by atoms with Gasteiger partial charge in [-0.05, 0) is 42.2 Å². The maximum atomic E-state index is 12.9. The summed E-state index contributed by atoms with van der Waals surface area (Å²) >= 11 is 3.34. The van der Waals surface area contributed by atoms with Gasteiger partial charge in [-0.2, -0.15) is 0 Å². The van der Waals surface area contributed by atoms with E-state index in [1.54, 1.807) is 23.1 Å². The molecule has 2 aliphatic carbocycles. The van der Waals surface area contributed by atoms with Crippen molar-refractivity contribution in [1.29, 1.82) is 0 Å². The Morgan fingerprint density at radius 1 is 1.21 bits per heavy atom. The minimum atomic E-state index is -0.143. The third-order valence-electron chi connectivity index (χ3n) is 5.35. The number of thioether (sulfide) groups is 1. The van der Waals surface area contributed by atoms with Gasteiger partial charge >= 0.3 is 0 Å². The van der Waals surface area contributed by atoms with E-state index in [0.29, 0.717) is 5.69 Å². The van der Waals surface area contributed by atoms with Crippen LogP contribution < -0.4 is 4.90 Å². The number of benzene rings is 1. The zero-order valence-electron chi connectivity index (χ0n) is 13.1. The number of allylic oxidation sites excluding steroid dienone is 2. The maximum Gasteiger partial charge on any atom is 0.238 e. The number of carbonyl (C=O) groups excluding carboxylic acids is 2. The Kier molecular flexibility index (Phi) is 3.16. The van der Waals surface area contributed by atoms with Crippen molar-refractivity contribution in [2.45, 2.75) is 17.7 Å². The second-order valence-corrected chi connectivity index (χ2v) is 9.12. The summed E-state index contributed by atoms with van der Waals surface area (Å²) < 4.78 is 2.06. The fraction of sp³-hybridized carbons (Fsp3) is 0.389. The first-order chi connectivity index (χ1) is 11.7. The van der Waals surface area contributed by atoms with E-state index in [9.17, 15) is 9.59 Å². The molecule has 0 unspecified atom stereocenters. The summed E-state index contributed by atoms with van der Waals surface area (Å²) in [5.41, 5.74) is 1.63. The highest BCUT2D eigenvalue weighted by Gasteiger charge is 2.59. The van der Waals surface area contributed by atoms with E-state index < -0.39 is 0 Å². The van der Waals surface area contributed by atoms with E-state index in [1.807, 2.05) is 18.2 Å². The third kappa shape index (κ3) is 1.90. The minimum Gasteiger partial charge on any atom is -0.274 e. The first kappa shape index (κ1) is 14.7. The van der Waals surface area contributed by atoms with Crippen LogP contribution in [-0.2, 0) is 9.59 Å². The highest BCUT2D eigenvalue weighted by atomic mass is 32.2. The molecule has 2 amide bonds. The lowest BCUT2D eigenvalue weighted by Crippen LogP contribution is -2.32. The van der Waals surface area contributed by atoms with E-state index >= 15 is 0 Å². The molecule has 4 atom stereocenters. The SMILES string of the molecule is CCSc1nc2ccc(N3C(=O)[C@@H]4[C@@H](C3=O)[C@H]3C=C[C@@H]4C3)cc2s1. The number of fused-ring (bicyclic) bond motifs is 6. The summed E-state index contributed by atoms with van der Waals surface area (Å²) in [5.74, 6) is 1.16. The molecule has 1 saturated carbocycles. The number of hydrogen-bond acceptors (Lipinski definition) is 5. The minimum absolute atomic E-state index is 0.0196. The Labute approximate surface area is 147 Å². The molecule has 1 aromatic heterocycles. The summed E-state index contributed by atoms with van der Waals surface area (Å²) in [4.78, 5) is 31.8. The third-order valence-corrected chi connectivity index (χ3v) is 7.39. The van der Waals surface area contributed by atoms with Crippen molar-refractivity contribution >= 4 is 50.8 Å². The van der Waals surface area contributed by atoms with Gasteiger partial charge in [0.15, 0.2) is 4.34 Å². The Hall–Kier alpha value is -1.66. The number of imide groups is 1. The molecule has 0 spiro atoms. The van der Waals surface area contributed by atoms with Crippen molar-refractivity contribution in [3.05, 3.63) is 30.4 Å². The molecule has 122 valence electrons. The number of carbonyl (C=O) groups is 2. The van der Waals surface area contributed by atoms with Crippen molar-refractivity contribution in [1.82, 2.24) is 4.98 Å². The van der Waals surface area contributed by atoms with Gasteiger partial charge in [-0.1, -0.05) is 30.8 Å². The van der Waals surface area contributed by atoms with Gasteiger partial charge in [-0.3, -0.25) is 9.59 Å². The van der Waals surface area contributed by atoms with Crippen molar-refractivity contribution < 1.29 is 9.59 Å². The van der Waals surface area contributed by atoms with Crippen LogP contribution in [0.25, 0.3) is 10.2 Å². The summed E-state index contributed by atoms with van der Waals surface area (Å²) in [7, 11) is 0. The van der Waals surface area contributed by atoms with Gasteiger partial charge in [0.05, 0.1) is 27.7 Å². The predicted octanol–water partition coefficient (Wildman–Crippen LogP) is 3.72. The maximum absolute atomic E-state index is 12.9. The fourth-order valence-electron chi connectivity index (χ4n) is 4.37. The molecule has 0 radical (unpaired) electrons. The second kappa shape index (κ2) is 5.17. The number of hydrogen-bond donors (Lipinski definition) is 0. The van der Waals surface area contributed by atoms with Crippen LogP contribution in [0.1, 0.15) is 13.3 Å². The smallest absolute Gasteiger partial charge is 0.238 e. The zero-order chi connectivity index (χ0) is 16.4. The lowest BCUT2D eigenvalue weighted by Gasteiger charge is -2.17. The van der Waals surface area contributed by atoms with Crippen LogP contribution in [0, 0.1) is 23.7 Å². The summed E-state index contributed by atoms with van der Waals surface area (Å²) in [6, 6.07) is 5.72. The summed E-state index contributed by atoms with van der Waals surface area (Å²) in [6.45, 7) is 2.10. The van der Waals surface area contributed by atoms with Crippen LogP contribution in [0.3, 0.4) is 0 Å². The molecular weight excluding hydrogens is 340 g/mol. The molecule has 4 nitrogen and oxygen atoms in total. The summed E-state index contributed by atoms with van der Waals surface area (Å²) in [5, 5.41) is 0. The van der Waals surface area contributed by atoms with E-state index in [1.165, 1.54) is 4.90 Å². The normalized spacial score (nSPS) is 30.8. The van der Waals surface area contributed by atoms with Crippen LogP contribution >= 0.6 is 23.1 Å². The number of anilines is 1. The standard InChI is InChI=1S/C18H16N2O2S2/c1-2-23-18-19-12-6-5-11(8-13(12)24-18)20-16(21)14-9-3-4-10(7-9)15(14)17(20)22/h3-6,8-10,14-15H,2,7H2,1H3/t9-,10+,14-,15-/m0/s1. The quantitative estimate of drug-likeness (QED) is 0.478. The van der Waals surface area contributed by atoms with Crippen molar-refractivity contribution in [3.63, 3.8) is 0 Å². The molecule has 24 heavy (non-hydrogen) atoms. The zero-order valence-corrected chi connectivity index (χ0v) is 14.8. The molecule has 0 N–H and O–H groups in total. The number of thiazole rings is 1. The number of nitrogens with zero attached hydrogens (tertiary/aromatic N) is 2. The average Bonchev–Trinajstić information content (AvgIpc) is 3.30. The van der Waals surface area contributed by atoms with Crippen LogP contribution in [-0.4, -0.2) is 22.6 Å². The fourth-order valence-corrected chi connectivity index (χ4v) is 6.37. The summed E-state index contributed by atoms with van der Waals surface area (Å²) in [6.07, 6.45) is 5.22. The largest absolute Gasteiger partial charge is 0.274 e. The van der Waals surface area contributed by atoms with E-state index in [2.05, 4.69) is 24.1 Å². The highest BCUT2D eigenvalue weighted by molar-refractivity contribution is 8.01. The van der Waals surface area contributed by atoms with Gasteiger partial charge in [0.2, 0.25) is 11.8 Å². The van der Waals surface area contributed by atoms with Crippen LogP contribution in [0.4, 0.5) is 5.69 Å². The van der Waals surface area contributed by atoms with E-state index in [-0.39, 0.29) is 35.5 Å². The first-order valence-corrected chi connectivity index (χ1v) is 10.1. The van der Waals surface area contributed by atoms with Crippen LogP contribution in [0.5, 0.6) is 0 Å². The number of rotatable bonds is 3. The van der Waals surface area contributed by atoms with Gasteiger partial charge in [-0.15, -0.1) is 11.3 Å². The highest BCUT2D eigenvalue weighted by Crippen LogP contribution is 2.53. The second-order valence-electron chi connectivity index (χ2n) is 6.58. The van der Waals surface area contributed by atoms with Gasteiger partial charge in [0.25, 0.3) is 0 Å². The molecule has 2 fully saturated rings. The molecule has 1 aromatic carbocycles. The van der Waals surface area contributed by atoms with Crippen molar-refractivity contribution in [2.24, 2.45) is 23.7 Å². The number of amides is 2. The van der Waals surface area contributed by atoms with Crippen LogP contribution in [0.2, 0.25) is 0 Å². The molecule has 1 aliphatic heterocycles. The lowest BCUT2D eigenvalue weighted by atomic mass is 9.85. The Balaban J connectivity index is 1.53. The molecule has 5 rings (SSSR count). The molecule has 2 heterocycles. The molecule has 3 aliphatic rings. The van der Waals surface area contributed by atoms with Gasteiger partial charge < -0.3 is 0 Å². The Morgan fingerprint density at radius 2 is 1.92 bits per heavy atom. The topological polar surface area (TPSA) is 50.3 Å². The molecular formula is C18H16N2O2S2. The monoisotopic (exact) mass is 356 g/mol. The van der Waals surface area contributed by atoms with E-state index in [4.69, 9.17) is 0 Å². The average molecular weight is 356 g/mol. The molecule has 6 heteroatoms. The Bertz CT molecular complexity index is 874. The lowest BCUT2D eigenvalue weighted by molar-refractivity contribution is -0.123. The number of aromatic nitrogens is 1. The Morgan fingerprint density at radius 3 is 2.58 bits per heavy atom. The van der Waals surface area contributed by atoms with Gasteiger partial charge in [0, 0.05) is 0 Å². The molecule has 2 bridgehead atoms. The molecule has 2 aromatic rings. The van der Waals surface area contributed by atoms with Gasteiger partial charge in [-0.25, -0.2) is 9.88 Å². The predicted molar refractivity (Wildman–Crippen MR) is 96.2 cm³/mol. The van der Waals surface area contributed by atoms with Crippen molar-refractivity contribution in [2.75, 3.05) is 10.7 Å². The van der Waals surface area contributed by atoms with E-state index in [0.717, 1.165) is 26.7 Å². The molecule has 1 saturated heterocycles.